The molecule has 39 heavy (non-hydrogen) atoms. The van der Waals surface area contributed by atoms with E-state index in [4.69, 9.17) is 14.2 Å². The van der Waals surface area contributed by atoms with Crippen molar-refractivity contribution in [3.8, 4) is 17.2 Å². The molecule has 0 aromatic heterocycles. The summed E-state index contributed by atoms with van der Waals surface area (Å²) in [6.45, 7) is 2.07. The van der Waals surface area contributed by atoms with Gasteiger partial charge < -0.3 is 19.5 Å². The first-order valence-electron chi connectivity index (χ1n) is 11.8. The summed E-state index contributed by atoms with van der Waals surface area (Å²) in [4.78, 5) is 51.2. The van der Waals surface area contributed by atoms with E-state index in [0.29, 0.717) is 39.6 Å². The Kier molecular flexibility index (Phi) is 8.62. The zero-order chi connectivity index (χ0) is 27.9. The summed E-state index contributed by atoms with van der Waals surface area (Å²) < 4.78 is 16.6. The molecule has 0 atom stereocenters. The SMILES string of the molecule is CCOc1ccc(N2C(=O)NC(=O)/C(=C\c3ccc(OCC(=O)Nc4ccc(OC)cc4)c(Br)c3)C2=O)cc1. The largest absolute Gasteiger partial charge is 0.497 e. The number of benzene rings is 3. The highest BCUT2D eigenvalue weighted by Crippen LogP contribution is 2.29. The molecule has 0 radical (unpaired) electrons. The Balaban J connectivity index is 1.44. The van der Waals surface area contributed by atoms with E-state index in [9.17, 15) is 19.2 Å². The molecule has 0 unspecified atom stereocenters. The smallest absolute Gasteiger partial charge is 0.335 e. The maximum atomic E-state index is 13.1. The molecule has 4 rings (SSSR count). The number of hydrogen-bond acceptors (Lipinski definition) is 7. The number of rotatable bonds is 9. The van der Waals surface area contributed by atoms with Gasteiger partial charge in [-0.15, -0.1) is 0 Å². The summed E-state index contributed by atoms with van der Waals surface area (Å²) >= 11 is 3.39. The van der Waals surface area contributed by atoms with Crippen LogP contribution >= 0.6 is 15.9 Å². The number of nitrogens with zero attached hydrogens (tertiary/aromatic N) is 1. The van der Waals surface area contributed by atoms with Crippen molar-refractivity contribution in [1.29, 1.82) is 0 Å². The fraction of sp³-hybridized carbons (Fsp3) is 0.143. The Morgan fingerprint density at radius 1 is 0.974 bits per heavy atom. The normalized spacial score (nSPS) is 14.2. The van der Waals surface area contributed by atoms with E-state index in [1.807, 2.05) is 6.92 Å². The Morgan fingerprint density at radius 2 is 1.67 bits per heavy atom. The number of hydrogen-bond donors (Lipinski definition) is 2. The number of imide groups is 2. The standard InChI is InChI=1S/C28H24BrN3O7/c1-3-38-21-11-7-19(8-12-21)32-27(35)22(26(34)31-28(32)36)14-17-4-13-24(23(29)15-17)39-16-25(33)30-18-5-9-20(37-2)10-6-18/h4-15H,3,16H2,1-2H3,(H,30,33)(H,31,34,36)/b22-14+. The second-order valence-corrected chi connectivity index (χ2v) is 8.99. The van der Waals surface area contributed by atoms with E-state index >= 15 is 0 Å². The fourth-order valence-corrected chi connectivity index (χ4v) is 4.17. The summed E-state index contributed by atoms with van der Waals surface area (Å²) in [5.41, 5.74) is 1.16. The van der Waals surface area contributed by atoms with E-state index in [2.05, 4.69) is 26.6 Å². The van der Waals surface area contributed by atoms with Crippen LogP contribution in [0.4, 0.5) is 16.2 Å². The van der Waals surface area contributed by atoms with E-state index in [-0.39, 0.29) is 23.8 Å². The van der Waals surface area contributed by atoms with Gasteiger partial charge in [-0.1, -0.05) is 6.07 Å². The highest BCUT2D eigenvalue weighted by Gasteiger charge is 2.36. The number of methoxy groups -OCH3 is 1. The third-order valence-electron chi connectivity index (χ3n) is 5.51. The van der Waals surface area contributed by atoms with Crippen molar-refractivity contribution in [2.24, 2.45) is 0 Å². The molecule has 11 heteroatoms. The molecule has 10 nitrogen and oxygen atoms in total. The molecule has 1 saturated heterocycles. The zero-order valence-corrected chi connectivity index (χ0v) is 22.6. The van der Waals surface area contributed by atoms with Crippen LogP contribution in [0.5, 0.6) is 17.2 Å². The first kappa shape index (κ1) is 27.4. The van der Waals surface area contributed by atoms with Gasteiger partial charge in [0, 0.05) is 5.69 Å². The minimum atomic E-state index is -0.843. The maximum Gasteiger partial charge on any atom is 0.335 e. The quantitative estimate of drug-likeness (QED) is 0.276. The predicted octanol–water partition coefficient (Wildman–Crippen LogP) is 4.54. The van der Waals surface area contributed by atoms with Crippen molar-refractivity contribution >= 4 is 57.1 Å². The summed E-state index contributed by atoms with van der Waals surface area (Å²) in [7, 11) is 1.56. The Labute approximate surface area is 232 Å². The number of carbonyl (C=O) groups is 4. The van der Waals surface area contributed by atoms with Gasteiger partial charge in [-0.3, -0.25) is 19.7 Å². The lowest BCUT2D eigenvalue weighted by atomic mass is 10.1. The van der Waals surface area contributed by atoms with Crippen LogP contribution in [-0.2, 0) is 14.4 Å². The summed E-state index contributed by atoms with van der Waals surface area (Å²) in [6.07, 6.45) is 1.37. The van der Waals surface area contributed by atoms with Crippen LogP contribution in [0.3, 0.4) is 0 Å². The van der Waals surface area contributed by atoms with Gasteiger partial charge in [-0.25, -0.2) is 9.69 Å². The highest BCUT2D eigenvalue weighted by molar-refractivity contribution is 9.10. The number of nitrogens with one attached hydrogen (secondary N) is 2. The van der Waals surface area contributed by atoms with E-state index in [1.165, 1.54) is 6.08 Å². The molecule has 0 bridgehead atoms. The predicted molar refractivity (Wildman–Crippen MR) is 148 cm³/mol. The molecule has 1 aliphatic heterocycles. The van der Waals surface area contributed by atoms with Gasteiger partial charge in [0.05, 0.1) is 23.9 Å². The van der Waals surface area contributed by atoms with E-state index < -0.39 is 17.8 Å². The Bertz CT molecular complexity index is 1440. The molecule has 3 aromatic rings. The molecule has 0 spiro atoms. The van der Waals surface area contributed by atoms with Crippen molar-refractivity contribution in [2.75, 3.05) is 30.5 Å². The average molecular weight is 594 g/mol. The van der Waals surface area contributed by atoms with E-state index in [1.54, 1.807) is 73.8 Å². The monoisotopic (exact) mass is 593 g/mol. The minimum Gasteiger partial charge on any atom is -0.497 e. The van der Waals surface area contributed by atoms with Crippen molar-refractivity contribution in [3.63, 3.8) is 0 Å². The minimum absolute atomic E-state index is 0.220. The molecule has 1 fully saturated rings. The van der Waals surface area contributed by atoms with Crippen molar-refractivity contribution in [1.82, 2.24) is 5.32 Å². The molecular weight excluding hydrogens is 570 g/mol. The van der Waals surface area contributed by atoms with Crippen LogP contribution in [0.15, 0.2) is 76.8 Å². The molecule has 0 aliphatic carbocycles. The Hall–Kier alpha value is -4.64. The molecule has 5 amide bonds. The van der Waals surface area contributed by atoms with Crippen LogP contribution in [-0.4, -0.2) is 44.1 Å². The second-order valence-electron chi connectivity index (χ2n) is 8.14. The van der Waals surface area contributed by atoms with Crippen LogP contribution in [0, 0.1) is 0 Å². The number of halogens is 1. The summed E-state index contributed by atoms with van der Waals surface area (Å²) in [5.74, 6) is -0.290. The van der Waals surface area contributed by atoms with Gasteiger partial charge >= 0.3 is 6.03 Å². The number of amides is 5. The van der Waals surface area contributed by atoms with E-state index in [0.717, 1.165) is 4.90 Å². The molecule has 3 aromatic carbocycles. The molecule has 1 aliphatic rings. The van der Waals surface area contributed by atoms with Gasteiger partial charge in [-0.05, 0) is 95.2 Å². The number of ether oxygens (including phenoxy) is 3. The van der Waals surface area contributed by atoms with Crippen LogP contribution in [0.25, 0.3) is 6.08 Å². The van der Waals surface area contributed by atoms with Crippen LogP contribution in [0.2, 0.25) is 0 Å². The summed E-state index contributed by atoms with van der Waals surface area (Å²) in [5, 5.41) is 4.92. The fourth-order valence-electron chi connectivity index (χ4n) is 3.66. The maximum absolute atomic E-state index is 13.1. The molecule has 200 valence electrons. The van der Waals surface area contributed by atoms with Crippen molar-refractivity contribution in [2.45, 2.75) is 6.92 Å². The zero-order valence-electron chi connectivity index (χ0n) is 21.0. The number of carbonyl (C=O) groups excluding carboxylic acids is 4. The number of urea groups is 1. The highest BCUT2D eigenvalue weighted by atomic mass is 79.9. The molecular formula is C28H24BrN3O7. The van der Waals surface area contributed by atoms with Crippen molar-refractivity contribution in [3.05, 3.63) is 82.3 Å². The number of anilines is 2. The van der Waals surface area contributed by atoms with Crippen LogP contribution < -0.4 is 29.7 Å². The van der Waals surface area contributed by atoms with Gasteiger partial charge in [0.2, 0.25) is 0 Å². The lowest BCUT2D eigenvalue weighted by Crippen LogP contribution is -2.54. The average Bonchev–Trinajstić information content (AvgIpc) is 2.92. The van der Waals surface area contributed by atoms with Crippen LogP contribution in [0.1, 0.15) is 12.5 Å². The first-order chi connectivity index (χ1) is 18.8. The van der Waals surface area contributed by atoms with Gasteiger partial charge in [0.15, 0.2) is 6.61 Å². The number of barbiturate groups is 1. The molecule has 2 N–H and O–H groups in total. The lowest BCUT2D eigenvalue weighted by Gasteiger charge is -2.26. The molecule has 1 heterocycles. The first-order valence-corrected chi connectivity index (χ1v) is 12.6. The lowest BCUT2D eigenvalue weighted by molar-refractivity contribution is -0.122. The van der Waals surface area contributed by atoms with Gasteiger partial charge in [0.1, 0.15) is 22.8 Å². The topological polar surface area (TPSA) is 123 Å². The molecule has 0 saturated carbocycles. The Morgan fingerprint density at radius 3 is 2.31 bits per heavy atom. The summed E-state index contributed by atoms with van der Waals surface area (Å²) in [6, 6.07) is 17.3. The van der Waals surface area contributed by atoms with Gasteiger partial charge in [-0.2, -0.15) is 0 Å². The third-order valence-corrected chi connectivity index (χ3v) is 6.13. The second kappa shape index (κ2) is 12.3. The van der Waals surface area contributed by atoms with Gasteiger partial charge in [0.25, 0.3) is 17.7 Å². The van der Waals surface area contributed by atoms with Crippen molar-refractivity contribution < 1.29 is 33.4 Å². The third kappa shape index (κ3) is 6.63.